The van der Waals surface area contributed by atoms with Gasteiger partial charge in [0.25, 0.3) is 11.8 Å². The molecule has 2 rings (SSSR count). The molecule has 1 aliphatic heterocycles. The summed E-state index contributed by atoms with van der Waals surface area (Å²) in [5, 5.41) is 10.7. The van der Waals surface area contributed by atoms with Gasteiger partial charge in [0.2, 0.25) is 17.7 Å². The largest absolute Gasteiger partial charge is 0.461 e. The number of nitrogens with one attached hydrogen (secondary N) is 4. The molecule has 1 aromatic rings. The molecular formula is C31H44N6O8. The van der Waals surface area contributed by atoms with Gasteiger partial charge in [0.15, 0.2) is 0 Å². The van der Waals surface area contributed by atoms with Crippen molar-refractivity contribution >= 4 is 47.2 Å². The van der Waals surface area contributed by atoms with Crippen molar-refractivity contribution < 1.29 is 38.3 Å². The molecule has 1 aliphatic rings. The Labute approximate surface area is 262 Å². The number of anilines is 1. The molecule has 246 valence electrons. The molecule has 0 bridgehead atoms. The molecule has 2 unspecified atom stereocenters. The number of primary amides is 1. The molecule has 14 heteroatoms. The number of carbonyl (C=O) groups is 7. The Kier molecular flexibility index (Phi) is 15.2. The van der Waals surface area contributed by atoms with Crippen molar-refractivity contribution in [3.63, 3.8) is 0 Å². The van der Waals surface area contributed by atoms with E-state index in [0.717, 1.165) is 10.5 Å². The molecule has 1 heterocycles. The smallest absolute Gasteiger partial charge is 0.312 e. The lowest BCUT2D eigenvalue weighted by molar-refractivity contribution is -0.144. The number of carbonyl (C=O) groups excluding carboxylic acids is 7. The summed E-state index contributed by atoms with van der Waals surface area (Å²) in [6.07, 6.45) is 5.05. The van der Waals surface area contributed by atoms with Crippen LogP contribution in [-0.2, 0) is 40.1 Å². The summed E-state index contributed by atoms with van der Waals surface area (Å²) in [4.78, 5) is 86.1. The van der Waals surface area contributed by atoms with Gasteiger partial charge in [0, 0.05) is 43.8 Å². The SMILES string of the molecule is CCC(=O)OCc1ccc(NC(=O)C(CCCNC(N)=O)NC(=O)C(NC(=O)CCCCCN2C(=O)C=CC2=O)C(C)C)cc1. The third-order valence-electron chi connectivity index (χ3n) is 6.96. The summed E-state index contributed by atoms with van der Waals surface area (Å²) in [6, 6.07) is 4.10. The molecule has 6 N–H and O–H groups in total. The fourth-order valence-corrected chi connectivity index (χ4v) is 4.39. The van der Waals surface area contributed by atoms with Crippen LogP contribution >= 0.6 is 0 Å². The lowest BCUT2D eigenvalue weighted by atomic mass is 10.0. The Morgan fingerprint density at radius 1 is 0.889 bits per heavy atom. The predicted octanol–water partition coefficient (Wildman–Crippen LogP) is 1.64. The zero-order chi connectivity index (χ0) is 33.4. The van der Waals surface area contributed by atoms with Gasteiger partial charge in [-0.05, 0) is 49.3 Å². The fourth-order valence-electron chi connectivity index (χ4n) is 4.39. The first-order chi connectivity index (χ1) is 21.4. The second-order valence-electron chi connectivity index (χ2n) is 11.0. The second-order valence-corrected chi connectivity index (χ2v) is 11.0. The molecule has 0 radical (unpaired) electrons. The number of amides is 7. The van der Waals surface area contributed by atoms with E-state index in [2.05, 4.69) is 21.3 Å². The van der Waals surface area contributed by atoms with Gasteiger partial charge >= 0.3 is 12.0 Å². The van der Waals surface area contributed by atoms with Gasteiger partial charge in [-0.3, -0.25) is 33.7 Å². The first-order valence-electron chi connectivity index (χ1n) is 15.1. The van der Waals surface area contributed by atoms with Crippen LogP contribution in [0.4, 0.5) is 10.5 Å². The highest BCUT2D eigenvalue weighted by Crippen LogP contribution is 2.13. The Bertz CT molecular complexity index is 1230. The standard InChI is InChI=1S/C31H44N6O8/c1-4-27(41)45-19-21-11-13-22(14-12-21)34-29(42)23(9-8-17-33-31(32)44)35-30(43)28(20(2)3)36-24(38)10-6-5-7-18-37-25(39)15-16-26(37)40/h11-16,20,23,28H,4-10,17-19H2,1-3H3,(H,34,42)(H,35,43)(H,36,38)(H3,32,33,44). The number of benzene rings is 1. The minimum absolute atomic E-state index is 0.104. The zero-order valence-corrected chi connectivity index (χ0v) is 26.1. The topological polar surface area (TPSA) is 206 Å². The van der Waals surface area contributed by atoms with Crippen molar-refractivity contribution in [2.24, 2.45) is 11.7 Å². The summed E-state index contributed by atoms with van der Waals surface area (Å²) in [7, 11) is 0. The number of urea groups is 1. The van der Waals surface area contributed by atoms with Crippen molar-refractivity contribution in [3.05, 3.63) is 42.0 Å². The number of hydrogen-bond acceptors (Lipinski definition) is 8. The van der Waals surface area contributed by atoms with Crippen molar-refractivity contribution in [2.75, 3.05) is 18.4 Å². The highest BCUT2D eigenvalue weighted by atomic mass is 16.5. The maximum absolute atomic E-state index is 13.3. The molecule has 0 fully saturated rings. The van der Waals surface area contributed by atoms with Crippen LogP contribution < -0.4 is 27.0 Å². The average Bonchev–Trinajstić information content (AvgIpc) is 3.32. The van der Waals surface area contributed by atoms with Crippen LogP contribution in [0.3, 0.4) is 0 Å². The van der Waals surface area contributed by atoms with E-state index in [0.29, 0.717) is 31.4 Å². The summed E-state index contributed by atoms with van der Waals surface area (Å²) in [5.41, 5.74) is 6.32. The lowest BCUT2D eigenvalue weighted by Crippen LogP contribution is -2.54. The van der Waals surface area contributed by atoms with Gasteiger partial charge in [-0.1, -0.05) is 39.3 Å². The summed E-state index contributed by atoms with van der Waals surface area (Å²) in [6.45, 7) is 5.82. The third kappa shape index (κ3) is 13.2. The number of hydrogen-bond donors (Lipinski definition) is 5. The van der Waals surface area contributed by atoms with E-state index in [1.54, 1.807) is 45.0 Å². The molecule has 0 saturated carbocycles. The van der Waals surface area contributed by atoms with E-state index in [-0.39, 0.29) is 68.6 Å². The molecule has 1 aromatic carbocycles. The zero-order valence-electron chi connectivity index (χ0n) is 26.1. The van der Waals surface area contributed by atoms with Crippen LogP contribution in [0, 0.1) is 5.92 Å². The third-order valence-corrected chi connectivity index (χ3v) is 6.96. The molecule has 0 saturated heterocycles. The van der Waals surface area contributed by atoms with Crippen molar-refractivity contribution in [2.45, 2.75) is 84.4 Å². The second kappa shape index (κ2) is 18.8. The predicted molar refractivity (Wildman–Crippen MR) is 165 cm³/mol. The maximum atomic E-state index is 13.3. The average molecular weight is 629 g/mol. The van der Waals surface area contributed by atoms with Crippen LogP contribution in [0.1, 0.15) is 71.3 Å². The van der Waals surface area contributed by atoms with Crippen LogP contribution in [0.15, 0.2) is 36.4 Å². The summed E-state index contributed by atoms with van der Waals surface area (Å²) < 4.78 is 5.11. The Morgan fingerprint density at radius 2 is 1.56 bits per heavy atom. The molecule has 0 aliphatic carbocycles. The van der Waals surface area contributed by atoms with Crippen molar-refractivity contribution in [1.29, 1.82) is 0 Å². The number of esters is 1. The lowest BCUT2D eigenvalue weighted by Gasteiger charge is -2.25. The van der Waals surface area contributed by atoms with Crippen molar-refractivity contribution in [3.8, 4) is 0 Å². The number of rotatable bonds is 19. The molecule has 0 spiro atoms. The summed E-state index contributed by atoms with van der Waals surface area (Å²) in [5.74, 6) is -2.66. The van der Waals surface area contributed by atoms with E-state index >= 15 is 0 Å². The van der Waals surface area contributed by atoms with E-state index in [9.17, 15) is 33.6 Å². The first kappa shape index (κ1) is 36.4. The van der Waals surface area contributed by atoms with Gasteiger partial charge < -0.3 is 31.7 Å². The molecular weight excluding hydrogens is 584 g/mol. The summed E-state index contributed by atoms with van der Waals surface area (Å²) >= 11 is 0. The number of ether oxygens (including phenoxy) is 1. The molecule has 14 nitrogen and oxygen atoms in total. The molecule has 0 aromatic heterocycles. The number of nitrogens with zero attached hydrogens (tertiary/aromatic N) is 1. The Hall–Kier alpha value is -4.75. The quantitative estimate of drug-likeness (QED) is 0.0863. The van der Waals surface area contributed by atoms with E-state index in [1.165, 1.54) is 12.2 Å². The van der Waals surface area contributed by atoms with Crippen LogP contribution in [0.2, 0.25) is 0 Å². The Balaban J connectivity index is 1.94. The van der Waals surface area contributed by atoms with E-state index in [1.807, 2.05) is 0 Å². The fraction of sp³-hybridized carbons (Fsp3) is 0.516. The van der Waals surface area contributed by atoms with E-state index < -0.39 is 29.9 Å². The maximum Gasteiger partial charge on any atom is 0.312 e. The van der Waals surface area contributed by atoms with Crippen LogP contribution in [0.25, 0.3) is 0 Å². The van der Waals surface area contributed by atoms with Crippen molar-refractivity contribution in [1.82, 2.24) is 20.9 Å². The van der Waals surface area contributed by atoms with Gasteiger partial charge in [-0.15, -0.1) is 0 Å². The van der Waals surface area contributed by atoms with Crippen LogP contribution in [-0.4, -0.2) is 71.6 Å². The minimum atomic E-state index is -0.985. The van der Waals surface area contributed by atoms with Gasteiger partial charge in [-0.2, -0.15) is 0 Å². The molecule has 45 heavy (non-hydrogen) atoms. The first-order valence-corrected chi connectivity index (χ1v) is 15.1. The van der Waals surface area contributed by atoms with Crippen LogP contribution in [0.5, 0.6) is 0 Å². The van der Waals surface area contributed by atoms with Gasteiger partial charge in [0.1, 0.15) is 18.7 Å². The highest BCUT2D eigenvalue weighted by Gasteiger charge is 2.29. The minimum Gasteiger partial charge on any atom is -0.461 e. The molecule has 7 amide bonds. The van der Waals surface area contributed by atoms with Gasteiger partial charge in [0.05, 0.1) is 0 Å². The van der Waals surface area contributed by atoms with E-state index in [4.69, 9.17) is 10.5 Å². The van der Waals surface area contributed by atoms with Gasteiger partial charge in [-0.25, -0.2) is 4.79 Å². The molecule has 2 atom stereocenters. The normalized spacial score (nSPS) is 13.7. The number of nitrogens with two attached hydrogens (primary N) is 1. The monoisotopic (exact) mass is 628 g/mol. The Morgan fingerprint density at radius 3 is 2.16 bits per heavy atom. The highest BCUT2D eigenvalue weighted by molar-refractivity contribution is 6.12. The number of unbranched alkanes of at least 4 members (excludes halogenated alkanes) is 2. The number of imide groups is 1.